The van der Waals surface area contributed by atoms with Gasteiger partial charge in [-0.2, -0.15) is 18.4 Å². The molecule has 0 atom stereocenters. The molecular weight excluding hydrogens is 376 g/mol. The molecule has 136 valence electrons. The number of sulfonamides is 1. The molecule has 0 saturated carbocycles. The lowest BCUT2D eigenvalue weighted by molar-refractivity contribution is 0.582. The Labute approximate surface area is 159 Å². The molecule has 0 amide bonds. The number of nitrogens with zero attached hydrogens (tertiary/aromatic N) is 1. The van der Waals surface area contributed by atoms with Gasteiger partial charge in [-0.15, -0.1) is 11.3 Å². The first-order chi connectivity index (χ1) is 11.6. The second kappa shape index (κ2) is 7.48. The van der Waals surface area contributed by atoms with Gasteiger partial charge >= 0.3 is 0 Å². The van der Waals surface area contributed by atoms with Crippen LogP contribution in [0.3, 0.4) is 0 Å². The summed E-state index contributed by atoms with van der Waals surface area (Å²) in [6.07, 6.45) is 0.600. The van der Waals surface area contributed by atoms with Crippen LogP contribution < -0.4 is 4.83 Å². The smallest absolute Gasteiger partial charge is 0.200 e. The Morgan fingerprint density at radius 2 is 1.56 bits per heavy atom. The Balaban J connectivity index is 2.48. The van der Waals surface area contributed by atoms with Gasteiger partial charge in [-0.25, -0.2) is 0 Å². The molecule has 0 saturated heterocycles. The molecule has 0 radical (unpaired) electrons. The third kappa shape index (κ3) is 3.91. The summed E-state index contributed by atoms with van der Waals surface area (Å²) in [5, 5.41) is 4.17. The van der Waals surface area contributed by atoms with Gasteiger partial charge in [0.15, 0.2) is 0 Å². The number of thiophene rings is 1. The molecule has 1 aromatic heterocycles. The van der Waals surface area contributed by atoms with Crippen LogP contribution >= 0.6 is 22.9 Å². The minimum absolute atomic E-state index is 0.316. The van der Waals surface area contributed by atoms with Crippen molar-refractivity contribution < 1.29 is 8.42 Å². The van der Waals surface area contributed by atoms with Crippen LogP contribution in [-0.2, 0) is 10.0 Å². The lowest BCUT2D eigenvalue weighted by atomic mass is 9.95. The maximum Gasteiger partial charge on any atom is 0.277 e. The third-order valence-corrected chi connectivity index (χ3v) is 7.45. The van der Waals surface area contributed by atoms with Crippen LogP contribution in [-0.4, -0.2) is 14.1 Å². The van der Waals surface area contributed by atoms with Crippen molar-refractivity contribution in [2.24, 2.45) is 5.10 Å². The molecule has 2 rings (SSSR count). The van der Waals surface area contributed by atoms with Gasteiger partial charge < -0.3 is 0 Å². The maximum absolute atomic E-state index is 12.9. The van der Waals surface area contributed by atoms with E-state index in [4.69, 9.17) is 11.6 Å². The number of hydrogen-bond acceptors (Lipinski definition) is 4. The van der Waals surface area contributed by atoms with Crippen LogP contribution in [0.25, 0.3) is 0 Å². The molecule has 0 aliphatic rings. The Morgan fingerprint density at radius 1 is 1.04 bits per heavy atom. The van der Waals surface area contributed by atoms with Crippen molar-refractivity contribution in [1.29, 1.82) is 0 Å². The second-order valence-corrected chi connectivity index (χ2v) is 9.38. The van der Waals surface area contributed by atoms with Crippen LogP contribution in [0.15, 0.2) is 22.1 Å². The largest absolute Gasteiger partial charge is 0.277 e. The van der Waals surface area contributed by atoms with Gasteiger partial charge in [-0.05, 0) is 81.0 Å². The zero-order valence-corrected chi connectivity index (χ0v) is 17.7. The molecule has 4 nitrogen and oxygen atoms in total. The Hall–Kier alpha value is -1.37. The van der Waals surface area contributed by atoms with Crippen LogP contribution in [0.5, 0.6) is 0 Å². The van der Waals surface area contributed by atoms with Crippen molar-refractivity contribution >= 4 is 38.7 Å². The maximum atomic E-state index is 12.9. The normalized spacial score (nSPS) is 12.5. The zero-order chi connectivity index (χ0) is 18.9. The third-order valence-electron chi connectivity index (χ3n) is 4.69. The summed E-state index contributed by atoms with van der Waals surface area (Å²) in [4.78, 5) is 3.59. The molecule has 1 aromatic carbocycles. The first-order valence-corrected chi connectivity index (χ1v) is 10.7. The first-order valence-electron chi connectivity index (χ1n) is 8.01. The van der Waals surface area contributed by atoms with E-state index in [0.717, 1.165) is 32.7 Å². The van der Waals surface area contributed by atoms with Gasteiger partial charge in [-0.3, -0.25) is 0 Å². The first kappa shape index (κ1) is 19.9. The molecule has 1 N–H and O–H groups in total. The minimum atomic E-state index is -3.76. The highest BCUT2D eigenvalue weighted by molar-refractivity contribution is 7.89. The van der Waals surface area contributed by atoms with Crippen molar-refractivity contribution in [3.05, 3.63) is 49.2 Å². The van der Waals surface area contributed by atoms with Gasteiger partial charge in [0.25, 0.3) is 10.0 Å². The van der Waals surface area contributed by atoms with Crippen LogP contribution in [0.4, 0.5) is 0 Å². The highest BCUT2D eigenvalue weighted by Crippen LogP contribution is 2.29. The van der Waals surface area contributed by atoms with Gasteiger partial charge in [0.05, 0.1) is 19.8 Å². The number of rotatable bonds is 5. The van der Waals surface area contributed by atoms with Gasteiger partial charge in [0.2, 0.25) is 0 Å². The predicted molar refractivity (Wildman–Crippen MR) is 107 cm³/mol. The highest BCUT2D eigenvalue weighted by Gasteiger charge is 2.23. The van der Waals surface area contributed by atoms with Crippen molar-refractivity contribution in [3.8, 4) is 0 Å². The van der Waals surface area contributed by atoms with Crippen LogP contribution in [0, 0.1) is 34.6 Å². The monoisotopic (exact) mass is 398 g/mol. The summed E-state index contributed by atoms with van der Waals surface area (Å²) in [6, 6.07) is 3.63. The van der Waals surface area contributed by atoms with Crippen LogP contribution in [0.1, 0.15) is 46.0 Å². The van der Waals surface area contributed by atoms with Crippen molar-refractivity contribution in [3.63, 3.8) is 0 Å². The molecular formula is C18H23ClN2O2S2. The molecule has 0 spiro atoms. The van der Waals surface area contributed by atoms with E-state index < -0.39 is 10.0 Å². The van der Waals surface area contributed by atoms with E-state index in [9.17, 15) is 8.42 Å². The predicted octanol–water partition coefficient (Wildman–Crippen LogP) is 5.04. The van der Waals surface area contributed by atoms with Crippen LogP contribution in [0.2, 0.25) is 4.34 Å². The molecule has 0 fully saturated rings. The molecule has 0 aliphatic heterocycles. The molecule has 0 aliphatic carbocycles. The summed E-state index contributed by atoms with van der Waals surface area (Å²) in [5.74, 6) is 0. The lowest BCUT2D eigenvalue weighted by Crippen LogP contribution is -2.23. The topological polar surface area (TPSA) is 58.5 Å². The number of benzene rings is 1. The van der Waals surface area contributed by atoms with Crippen molar-refractivity contribution in [1.82, 2.24) is 4.83 Å². The van der Waals surface area contributed by atoms with E-state index in [0.29, 0.717) is 21.4 Å². The minimum Gasteiger partial charge on any atom is -0.200 e. The number of nitrogens with one attached hydrogen (secondary N) is 1. The number of hydrogen-bond donors (Lipinski definition) is 1. The Bertz CT molecular complexity index is 915. The SMILES string of the molecule is CC/C(=N\NS(=O)(=O)c1c(C)c(C)c(C)c(C)c1C)c1ccc(Cl)s1. The van der Waals surface area contributed by atoms with E-state index in [2.05, 4.69) is 9.93 Å². The summed E-state index contributed by atoms with van der Waals surface area (Å²) in [5.41, 5.74) is 5.30. The van der Waals surface area contributed by atoms with Gasteiger partial charge in [-0.1, -0.05) is 18.5 Å². The second-order valence-electron chi connectivity index (χ2n) is 6.06. The Kier molecular flexibility index (Phi) is 5.97. The summed E-state index contributed by atoms with van der Waals surface area (Å²) in [7, 11) is -3.76. The molecule has 7 heteroatoms. The van der Waals surface area contributed by atoms with Gasteiger partial charge in [0.1, 0.15) is 0 Å². The average molecular weight is 399 g/mol. The summed E-state index contributed by atoms with van der Waals surface area (Å²) >= 11 is 7.34. The van der Waals surface area contributed by atoms with E-state index in [1.54, 1.807) is 6.07 Å². The van der Waals surface area contributed by atoms with Crippen molar-refractivity contribution in [2.75, 3.05) is 0 Å². The standard InChI is InChI=1S/C18H23ClN2O2S2/c1-7-15(16-8-9-17(19)24-16)20-21-25(22,23)18-13(5)11(3)10(2)12(4)14(18)6/h8-9,21H,7H2,1-6H3/b20-15+. The van der Waals surface area contributed by atoms with Gasteiger partial charge in [0, 0.05) is 0 Å². The highest BCUT2D eigenvalue weighted by atomic mass is 35.5. The van der Waals surface area contributed by atoms with E-state index in [1.165, 1.54) is 11.3 Å². The van der Waals surface area contributed by atoms with E-state index in [1.807, 2.05) is 47.6 Å². The van der Waals surface area contributed by atoms with E-state index in [-0.39, 0.29) is 0 Å². The summed E-state index contributed by atoms with van der Waals surface area (Å²) < 4.78 is 26.5. The zero-order valence-electron chi connectivity index (χ0n) is 15.3. The fourth-order valence-electron chi connectivity index (χ4n) is 2.81. The van der Waals surface area contributed by atoms with Crippen molar-refractivity contribution in [2.45, 2.75) is 52.9 Å². The summed E-state index contributed by atoms with van der Waals surface area (Å²) in [6.45, 7) is 11.5. The van der Waals surface area contributed by atoms with E-state index >= 15 is 0 Å². The lowest BCUT2D eigenvalue weighted by Gasteiger charge is -2.18. The molecule has 2 aromatic rings. The Morgan fingerprint density at radius 3 is 2.00 bits per heavy atom. The average Bonchev–Trinajstić information content (AvgIpc) is 2.98. The number of hydrazone groups is 1. The molecule has 0 unspecified atom stereocenters. The molecule has 1 heterocycles. The fraction of sp³-hybridized carbons (Fsp3) is 0.389. The molecule has 25 heavy (non-hydrogen) atoms. The molecule has 0 bridgehead atoms. The number of halogens is 1. The quantitative estimate of drug-likeness (QED) is 0.566. The fourth-order valence-corrected chi connectivity index (χ4v) is 5.34.